The number of carbonyl (C=O) groups is 1. The number of carboxylic acids is 1. The Balaban J connectivity index is 3.67. The number of unbranched alkanes of at least 4 members (excludes halogenated alkanes) is 1. The van der Waals surface area contributed by atoms with Gasteiger partial charge in [0.25, 0.3) is 0 Å². The summed E-state index contributed by atoms with van der Waals surface area (Å²) in [5.41, 5.74) is 0. The van der Waals surface area contributed by atoms with Gasteiger partial charge < -0.3 is 14.4 Å². The molecule has 17 heavy (non-hydrogen) atoms. The van der Waals surface area contributed by atoms with Gasteiger partial charge in [0.05, 0.1) is 24.8 Å². The Morgan fingerprint density at radius 2 is 2.29 bits per heavy atom. The van der Waals surface area contributed by atoms with Crippen molar-refractivity contribution in [3.05, 3.63) is 0 Å². The summed E-state index contributed by atoms with van der Waals surface area (Å²) >= 11 is 0. The van der Waals surface area contributed by atoms with Crippen molar-refractivity contribution < 1.29 is 19.2 Å². The standard InChI is InChI=1S/C11H20NO4P/c1-2-3-5-16-9-17(15)6-4-10(8-12)7-11(13)14/h10,17H,2-7,9H2,1H3,(H,13,14). The molecule has 0 saturated heterocycles. The number of carboxylic acid groups (broad SMARTS) is 1. The van der Waals surface area contributed by atoms with Crippen LogP contribution in [-0.2, 0) is 14.1 Å². The quantitative estimate of drug-likeness (QED) is 0.481. The molecular formula is C11H20NO4P. The molecule has 0 rings (SSSR count). The van der Waals surface area contributed by atoms with Crippen molar-refractivity contribution in [2.24, 2.45) is 5.92 Å². The maximum Gasteiger partial charge on any atom is 0.304 e. The van der Waals surface area contributed by atoms with Crippen molar-refractivity contribution in [3.8, 4) is 6.07 Å². The van der Waals surface area contributed by atoms with Gasteiger partial charge in [0.1, 0.15) is 7.80 Å². The number of nitrogens with zero attached hydrogens (tertiary/aromatic N) is 1. The fourth-order valence-electron chi connectivity index (χ4n) is 1.26. The van der Waals surface area contributed by atoms with Crippen LogP contribution >= 0.6 is 7.80 Å². The zero-order valence-corrected chi connectivity index (χ0v) is 11.1. The Morgan fingerprint density at radius 3 is 2.82 bits per heavy atom. The van der Waals surface area contributed by atoms with Crippen molar-refractivity contribution in [1.82, 2.24) is 0 Å². The van der Waals surface area contributed by atoms with Crippen molar-refractivity contribution in [2.75, 3.05) is 19.1 Å². The summed E-state index contributed by atoms with van der Waals surface area (Å²) in [6.07, 6.45) is 2.82. The van der Waals surface area contributed by atoms with Crippen molar-refractivity contribution in [1.29, 1.82) is 5.26 Å². The van der Waals surface area contributed by atoms with Gasteiger partial charge >= 0.3 is 5.97 Å². The number of hydrogen-bond acceptors (Lipinski definition) is 4. The predicted octanol–water partition coefficient (Wildman–Crippen LogP) is 2.32. The summed E-state index contributed by atoms with van der Waals surface area (Å²) in [6.45, 7) is 2.67. The average molecular weight is 261 g/mol. The normalized spacial score (nSPS) is 13.9. The first-order valence-corrected chi connectivity index (χ1v) is 7.63. The topological polar surface area (TPSA) is 87.4 Å². The minimum Gasteiger partial charge on any atom is -0.481 e. The van der Waals surface area contributed by atoms with Crippen LogP contribution in [0.3, 0.4) is 0 Å². The summed E-state index contributed by atoms with van der Waals surface area (Å²) in [5.74, 6) is -1.53. The van der Waals surface area contributed by atoms with Crippen molar-refractivity contribution >= 4 is 13.8 Å². The van der Waals surface area contributed by atoms with E-state index in [-0.39, 0.29) is 12.8 Å². The molecule has 0 aromatic rings. The van der Waals surface area contributed by atoms with E-state index in [2.05, 4.69) is 6.92 Å². The maximum absolute atomic E-state index is 11.5. The highest BCUT2D eigenvalue weighted by Gasteiger charge is 2.13. The molecule has 2 atom stereocenters. The summed E-state index contributed by atoms with van der Waals surface area (Å²) < 4.78 is 16.7. The van der Waals surface area contributed by atoms with Gasteiger partial charge in [-0.25, -0.2) is 0 Å². The second-order valence-corrected chi connectivity index (χ2v) is 5.77. The van der Waals surface area contributed by atoms with Crippen molar-refractivity contribution in [3.63, 3.8) is 0 Å². The Hall–Kier alpha value is -0.850. The number of nitriles is 1. The van der Waals surface area contributed by atoms with E-state index in [0.29, 0.717) is 19.2 Å². The minimum absolute atomic E-state index is 0.178. The number of hydrogen-bond donors (Lipinski definition) is 1. The number of rotatable bonds is 10. The molecule has 0 amide bonds. The van der Waals surface area contributed by atoms with Crippen LogP contribution in [0.15, 0.2) is 0 Å². The molecule has 1 N–H and O–H groups in total. The molecule has 6 heteroatoms. The molecule has 5 nitrogen and oxygen atoms in total. The summed E-state index contributed by atoms with van der Waals surface area (Å²) in [7, 11) is -1.83. The van der Waals surface area contributed by atoms with E-state index in [1.165, 1.54) is 0 Å². The largest absolute Gasteiger partial charge is 0.481 e. The monoisotopic (exact) mass is 261 g/mol. The van der Waals surface area contributed by atoms with Gasteiger partial charge in [0.15, 0.2) is 0 Å². The number of ether oxygens (including phenoxy) is 1. The minimum atomic E-state index is -1.83. The lowest BCUT2D eigenvalue weighted by Gasteiger charge is -2.06. The van der Waals surface area contributed by atoms with E-state index in [0.717, 1.165) is 12.8 Å². The Kier molecular flexibility index (Phi) is 9.80. The first-order valence-electron chi connectivity index (χ1n) is 5.81. The molecule has 0 bridgehead atoms. The van der Waals surface area contributed by atoms with E-state index >= 15 is 0 Å². The maximum atomic E-state index is 11.5. The van der Waals surface area contributed by atoms with Gasteiger partial charge in [-0.2, -0.15) is 5.26 Å². The second kappa shape index (κ2) is 10.3. The second-order valence-electron chi connectivity index (χ2n) is 3.91. The van der Waals surface area contributed by atoms with E-state index in [1.54, 1.807) is 0 Å². The molecule has 2 unspecified atom stereocenters. The third-order valence-corrected chi connectivity index (χ3v) is 3.65. The molecule has 0 aliphatic heterocycles. The van der Waals surface area contributed by atoms with Crippen LogP contribution in [0.25, 0.3) is 0 Å². The van der Waals surface area contributed by atoms with E-state index in [9.17, 15) is 9.36 Å². The SMILES string of the molecule is CCCCOC[PH](=O)CCC(C#N)CC(=O)O. The van der Waals surface area contributed by atoms with Gasteiger partial charge in [0, 0.05) is 12.8 Å². The number of aliphatic carboxylic acids is 1. The summed E-state index contributed by atoms with van der Waals surface area (Å²) in [4.78, 5) is 10.4. The first kappa shape index (κ1) is 16.1. The molecule has 0 heterocycles. The lowest BCUT2D eigenvalue weighted by molar-refractivity contribution is -0.137. The van der Waals surface area contributed by atoms with Crippen LogP contribution < -0.4 is 0 Å². The van der Waals surface area contributed by atoms with Gasteiger partial charge in [-0.05, 0) is 12.8 Å². The highest BCUT2D eigenvalue weighted by Crippen LogP contribution is 2.24. The van der Waals surface area contributed by atoms with Crippen LogP contribution in [-0.4, -0.2) is 30.2 Å². The van der Waals surface area contributed by atoms with Crippen molar-refractivity contribution in [2.45, 2.75) is 32.6 Å². The molecule has 0 saturated carbocycles. The Labute approximate surface area is 103 Å². The third kappa shape index (κ3) is 10.0. The Bertz CT molecular complexity index is 288. The molecular weight excluding hydrogens is 241 g/mol. The van der Waals surface area contributed by atoms with Crippen LogP contribution in [0, 0.1) is 17.2 Å². The molecule has 0 aliphatic rings. The summed E-state index contributed by atoms with van der Waals surface area (Å²) in [5, 5.41) is 17.2. The van der Waals surface area contributed by atoms with E-state index < -0.39 is 19.7 Å². The van der Waals surface area contributed by atoms with E-state index in [1.807, 2.05) is 6.07 Å². The van der Waals surface area contributed by atoms with Crippen LogP contribution in [0.1, 0.15) is 32.6 Å². The highest BCUT2D eigenvalue weighted by molar-refractivity contribution is 7.44. The molecule has 0 aliphatic carbocycles. The van der Waals surface area contributed by atoms with E-state index in [4.69, 9.17) is 15.1 Å². The average Bonchev–Trinajstić information content (AvgIpc) is 2.29. The molecule has 0 spiro atoms. The van der Waals surface area contributed by atoms with Crippen LogP contribution in [0.4, 0.5) is 0 Å². The van der Waals surface area contributed by atoms with Crippen LogP contribution in [0.5, 0.6) is 0 Å². The predicted molar refractivity (Wildman–Crippen MR) is 65.6 cm³/mol. The lowest BCUT2D eigenvalue weighted by Crippen LogP contribution is -2.07. The Morgan fingerprint density at radius 1 is 1.59 bits per heavy atom. The third-order valence-electron chi connectivity index (χ3n) is 2.28. The van der Waals surface area contributed by atoms with Gasteiger partial charge in [-0.1, -0.05) is 13.3 Å². The zero-order valence-electron chi connectivity index (χ0n) is 10.1. The molecule has 98 valence electrons. The van der Waals surface area contributed by atoms with Gasteiger partial charge in [-0.3, -0.25) is 4.79 Å². The molecule has 0 fully saturated rings. The first-order chi connectivity index (χ1) is 8.10. The smallest absolute Gasteiger partial charge is 0.304 e. The van der Waals surface area contributed by atoms with Gasteiger partial charge in [0.2, 0.25) is 0 Å². The zero-order chi connectivity index (χ0) is 13.1. The lowest BCUT2D eigenvalue weighted by atomic mass is 10.1. The van der Waals surface area contributed by atoms with Gasteiger partial charge in [-0.15, -0.1) is 0 Å². The fourth-order valence-corrected chi connectivity index (χ4v) is 2.45. The fraction of sp³-hybridized carbons (Fsp3) is 0.818. The summed E-state index contributed by atoms with van der Waals surface area (Å²) in [6, 6.07) is 1.92. The van der Waals surface area contributed by atoms with Crippen LogP contribution in [0.2, 0.25) is 0 Å². The molecule has 0 aromatic carbocycles. The highest BCUT2D eigenvalue weighted by atomic mass is 31.1. The molecule has 0 aromatic heterocycles. The molecule has 0 radical (unpaired) electrons.